The topological polar surface area (TPSA) is 55.1 Å². The molecule has 1 aromatic rings. The zero-order valence-electron chi connectivity index (χ0n) is 12.3. The average molecular weight is 290 g/mol. The second-order valence-electron chi connectivity index (χ2n) is 4.80. The van der Waals surface area contributed by atoms with Gasteiger partial charge in [0.2, 0.25) is 5.91 Å². The Morgan fingerprint density at radius 3 is 2.60 bits per heavy atom. The molecule has 0 saturated carbocycles. The van der Waals surface area contributed by atoms with E-state index in [0.29, 0.717) is 5.75 Å². The number of nitrogens with one attached hydrogen (secondary N) is 1. The summed E-state index contributed by atoms with van der Waals surface area (Å²) in [7, 11) is 0. The predicted molar refractivity (Wildman–Crippen MR) is 86.6 cm³/mol. The number of terminal acetylenes is 1. The molecule has 20 heavy (non-hydrogen) atoms. The number of carbonyl (C=O) groups excluding carboxylic acids is 1. The fourth-order valence-corrected chi connectivity index (χ4v) is 2.76. The van der Waals surface area contributed by atoms with Crippen LogP contribution in [0.3, 0.4) is 0 Å². The van der Waals surface area contributed by atoms with Gasteiger partial charge in [-0.1, -0.05) is 19.8 Å². The minimum atomic E-state index is -0.520. The summed E-state index contributed by atoms with van der Waals surface area (Å²) in [4.78, 5) is 13.1. The molecule has 0 saturated heterocycles. The highest BCUT2D eigenvalue weighted by Crippen LogP contribution is 2.24. The van der Waals surface area contributed by atoms with Crippen LogP contribution in [-0.4, -0.2) is 17.2 Å². The van der Waals surface area contributed by atoms with Crippen molar-refractivity contribution in [1.29, 1.82) is 0 Å². The monoisotopic (exact) mass is 290 g/mol. The number of benzene rings is 1. The summed E-state index contributed by atoms with van der Waals surface area (Å²) in [6.07, 6.45) is 7.01. The Morgan fingerprint density at radius 1 is 1.45 bits per heavy atom. The number of aryl methyl sites for hydroxylation is 1. The molecule has 4 heteroatoms. The molecule has 0 aliphatic rings. The number of nitrogen functional groups attached to an aromatic ring is 1. The van der Waals surface area contributed by atoms with Gasteiger partial charge >= 0.3 is 0 Å². The largest absolute Gasteiger partial charge is 0.399 e. The molecule has 3 N–H and O–H groups in total. The van der Waals surface area contributed by atoms with E-state index in [0.717, 1.165) is 29.0 Å². The number of hydrogen-bond donors (Lipinski definition) is 2. The minimum absolute atomic E-state index is 0.0344. The van der Waals surface area contributed by atoms with Crippen LogP contribution in [0, 0.1) is 19.3 Å². The van der Waals surface area contributed by atoms with Gasteiger partial charge in [0.05, 0.1) is 5.75 Å². The van der Waals surface area contributed by atoms with Crippen LogP contribution >= 0.6 is 11.8 Å². The fraction of sp³-hybridized carbons (Fsp3) is 0.438. The van der Waals surface area contributed by atoms with E-state index in [9.17, 15) is 4.79 Å². The third kappa shape index (κ3) is 4.21. The molecule has 3 nitrogen and oxygen atoms in total. The summed E-state index contributed by atoms with van der Waals surface area (Å²) in [6, 6.07) is 5.69. The summed E-state index contributed by atoms with van der Waals surface area (Å²) < 4.78 is 0. The maximum atomic E-state index is 12.0. The Balaban J connectivity index is 2.62. The molecule has 1 rings (SSSR count). The molecule has 0 fully saturated rings. The van der Waals surface area contributed by atoms with Crippen molar-refractivity contribution in [3.05, 3.63) is 23.8 Å². The maximum Gasteiger partial charge on any atom is 0.231 e. The number of thioether (sulfide) groups is 1. The van der Waals surface area contributed by atoms with Crippen molar-refractivity contribution in [1.82, 2.24) is 5.32 Å². The van der Waals surface area contributed by atoms with E-state index in [1.165, 1.54) is 11.8 Å². The normalized spacial score (nSPS) is 10.9. The fourth-order valence-electron chi connectivity index (χ4n) is 1.95. The van der Waals surface area contributed by atoms with Crippen molar-refractivity contribution in [2.75, 3.05) is 11.5 Å². The van der Waals surface area contributed by atoms with Gasteiger partial charge in [-0.3, -0.25) is 4.79 Å². The standard InChI is InChI=1S/C16H22N2OS/c1-5-16(6-2,7-3)18-15(19)11-20-14-9-8-13(17)10-12(14)4/h1,8-10H,6-7,11,17H2,2-4H3,(H,18,19). The SMILES string of the molecule is C#CC(CC)(CC)NC(=O)CSc1ccc(N)cc1C. The first kappa shape index (κ1) is 16.5. The van der Waals surface area contributed by atoms with E-state index < -0.39 is 5.54 Å². The Bertz CT molecular complexity index is 516. The van der Waals surface area contributed by atoms with Crippen LogP contribution < -0.4 is 11.1 Å². The lowest BCUT2D eigenvalue weighted by Crippen LogP contribution is -2.47. The van der Waals surface area contributed by atoms with Crippen molar-refractivity contribution in [3.63, 3.8) is 0 Å². The van der Waals surface area contributed by atoms with Crippen molar-refractivity contribution >= 4 is 23.4 Å². The van der Waals surface area contributed by atoms with Crippen LogP contribution in [0.1, 0.15) is 32.3 Å². The highest BCUT2D eigenvalue weighted by atomic mass is 32.2. The van der Waals surface area contributed by atoms with Gasteiger partial charge in [0.1, 0.15) is 5.54 Å². The molecular weight excluding hydrogens is 268 g/mol. The summed E-state index contributed by atoms with van der Waals surface area (Å²) in [5, 5.41) is 2.96. The third-order valence-electron chi connectivity index (χ3n) is 3.42. The third-order valence-corrected chi connectivity index (χ3v) is 4.60. The van der Waals surface area contributed by atoms with Gasteiger partial charge in [-0.25, -0.2) is 0 Å². The zero-order valence-corrected chi connectivity index (χ0v) is 13.1. The number of anilines is 1. The summed E-state index contributed by atoms with van der Waals surface area (Å²) in [6.45, 7) is 5.96. The number of amides is 1. The lowest BCUT2D eigenvalue weighted by Gasteiger charge is -2.27. The first-order valence-corrected chi connectivity index (χ1v) is 7.72. The Hall–Kier alpha value is -1.60. The van der Waals surface area contributed by atoms with E-state index in [4.69, 9.17) is 12.2 Å². The molecule has 0 aliphatic carbocycles. The number of carbonyl (C=O) groups is 1. The highest BCUT2D eigenvalue weighted by molar-refractivity contribution is 8.00. The van der Waals surface area contributed by atoms with E-state index in [1.54, 1.807) is 0 Å². The Kier molecular flexibility index (Phi) is 5.97. The van der Waals surface area contributed by atoms with E-state index in [2.05, 4.69) is 11.2 Å². The van der Waals surface area contributed by atoms with Crippen molar-refractivity contribution in [3.8, 4) is 12.3 Å². The molecule has 0 atom stereocenters. The summed E-state index contributed by atoms with van der Waals surface area (Å²) in [5.74, 6) is 3.03. The van der Waals surface area contributed by atoms with Crippen molar-refractivity contribution < 1.29 is 4.79 Å². The summed E-state index contributed by atoms with van der Waals surface area (Å²) >= 11 is 1.50. The van der Waals surface area contributed by atoms with Crippen molar-refractivity contribution in [2.24, 2.45) is 0 Å². The number of hydrogen-bond acceptors (Lipinski definition) is 3. The van der Waals surface area contributed by atoms with Gasteiger partial charge in [0.25, 0.3) is 0 Å². The lowest BCUT2D eigenvalue weighted by atomic mass is 9.94. The first-order chi connectivity index (χ1) is 9.46. The van der Waals surface area contributed by atoms with Gasteiger partial charge in [-0.15, -0.1) is 18.2 Å². The molecular formula is C16H22N2OS. The van der Waals surface area contributed by atoms with Gasteiger partial charge in [0.15, 0.2) is 0 Å². The van der Waals surface area contributed by atoms with Gasteiger partial charge in [0, 0.05) is 10.6 Å². The average Bonchev–Trinajstić information content (AvgIpc) is 2.44. The summed E-state index contributed by atoms with van der Waals surface area (Å²) in [5.41, 5.74) is 7.01. The zero-order chi connectivity index (χ0) is 15.2. The molecule has 1 aromatic carbocycles. The molecule has 0 spiro atoms. The van der Waals surface area contributed by atoms with Crippen LogP contribution in [0.4, 0.5) is 5.69 Å². The number of rotatable bonds is 6. The number of nitrogens with two attached hydrogens (primary N) is 1. The van der Waals surface area contributed by atoms with E-state index in [-0.39, 0.29) is 5.91 Å². The molecule has 1 amide bonds. The van der Waals surface area contributed by atoms with Crippen LogP contribution in [0.5, 0.6) is 0 Å². The smallest absolute Gasteiger partial charge is 0.231 e. The molecule has 0 aromatic heterocycles. The quantitative estimate of drug-likeness (QED) is 0.481. The van der Waals surface area contributed by atoms with E-state index >= 15 is 0 Å². The molecule has 0 radical (unpaired) electrons. The maximum absolute atomic E-state index is 12.0. The Morgan fingerprint density at radius 2 is 2.10 bits per heavy atom. The molecule has 108 valence electrons. The van der Waals surface area contributed by atoms with Gasteiger partial charge < -0.3 is 11.1 Å². The highest BCUT2D eigenvalue weighted by Gasteiger charge is 2.25. The predicted octanol–water partition coefficient (Wildman–Crippen LogP) is 2.98. The second-order valence-corrected chi connectivity index (χ2v) is 5.81. The van der Waals surface area contributed by atoms with Gasteiger partial charge in [-0.05, 0) is 43.5 Å². The van der Waals surface area contributed by atoms with Crippen LogP contribution in [0.15, 0.2) is 23.1 Å². The molecule has 0 aliphatic heterocycles. The molecule has 0 heterocycles. The first-order valence-electron chi connectivity index (χ1n) is 6.74. The van der Waals surface area contributed by atoms with Crippen LogP contribution in [-0.2, 0) is 4.79 Å². The van der Waals surface area contributed by atoms with Crippen LogP contribution in [0.25, 0.3) is 0 Å². The van der Waals surface area contributed by atoms with Gasteiger partial charge in [-0.2, -0.15) is 0 Å². The van der Waals surface area contributed by atoms with E-state index in [1.807, 2.05) is 39.0 Å². The second kappa shape index (κ2) is 7.25. The molecule has 0 bridgehead atoms. The van der Waals surface area contributed by atoms with Crippen molar-refractivity contribution in [2.45, 2.75) is 44.0 Å². The minimum Gasteiger partial charge on any atom is -0.399 e. The Labute approximate surface area is 125 Å². The molecule has 0 unspecified atom stereocenters. The lowest BCUT2D eigenvalue weighted by molar-refractivity contribution is -0.119. The van der Waals surface area contributed by atoms with Crippen LogP contribution in [0.2, 0.25) is 0 Å².